The summed E-state index contributed by atoms with van der Waals surface area (Å²) in [6, 6.07) is 14.6. The molecule has 0 saturated heterocycles. The summed E-state index contributed by atoms with van der Waals surface area (Å²) in [6.07, 6.45) is 0.752. The monoisotopic (exact) mass is 441 g/mol. The predicted molar refractivity (Wildman–Crippen MR) is 109 cm³/mol. The lowest BCUT2D eigenvalue weighted by Crippen LogP contribution is -2.31. The summed E-state index contributed by atoms with van der Waals surface area (Å²) in [5.74, 6) is 0.134. The zero-order valence-corrected chi connectivity index (χ0v) is 16.9. The molecule has 1 amide bonds. The van der Waals surface area contributed by atoms with Gasteiger partial charge in [0.15, 0.2) is 0 Å². The van der Waals surface area contributed by atoms with E-state index in [1.807, 2.05) is 41.3 Å². The first-order valence-corrected chi connectivity index (χ1v) is 9.82. The number of carbonyl (C=O) groups excluding carboxylic acids is 1. The molecule has 2 N–H and O–H groups in total. The summed E-state index contributed by atoms with van der Waals surface area (Å²) in [6.45, 7) is 1.18. The van der Waals surface area contributed by atoms with Crippen molar-refractivity contribution in [2.45, 2.75) is 12.5 Å². The molecule has 0 radical (unpaired) electrons. The Bertz CT molecular complexity index is 983. The summed E-state index contributed by atoms with van der Waals surface area (Å²) < 4.78 is 6.15. The van der Waals surface area contributed by atoms with Crippen LogP contribution in [0.15, 0.2) is 53.0 Å². The Hall–Kier alpha value is -2.64. The molecule has 144 valence electrons. The van der Waals surface area contributed by atoms with Crippen LogP contribution in [-0.4, -0.2) is 46.4 Å². The Morgan fingerprint density at radius 3 is 2.57 bits per heavy atom. The van der Waals surface area contributed by atoms with Crippen LogP contribution < -0.4 is 0 Å². The van der Waals surface area contributed by atoms with Crippen molar-refractivity contribution >= 4 is 21.8 Å². The number of ether oxygens (including phenoxy) is 1. The molecule has 2 heterocycles. The number of nitrogens with zero attached hydrogens (tertiary/aromatic N) is 2. The van der Waals surface area contributed by atoms with Crippen LogP contribution in [0.1, 0.15) is 34.1 Å². The molecule has 28 heavy (non-hydrogen) atoms. The van der Waals surface area contributed by atoms with Gasteiger partial charge in [0.25, 0.3) is 5.91 Å². The molecule has 2 aromatic carbocycles. The fourth-order valence-corrected chi connectivity index (χ4v) is 3.90. The Kier molecular flexibility index (Phi) is 5.19. The molecule has 0 fully saturated rings. The lowest BCUT2D eigenvalue weighted by atomic mass is 9.96. The molecule has 1 aliphatic heterocycles. The molecular formula is C21H20BrN3O3. The normalized spacial score (nSPS) is 15.9. The Morgan fingerprint density at radius 1 is 1.18 bits per heavy atom. The molecule has 0 spiro atoms. The highest BCUT2D eigenvalue weighted by molar-refractivity contribution is 9.10. The number of H-pyrrole nitrogens is 1. The zero-order valence-electron chi connectivity index (χ0n) is 15.4. The number of aromatic amines is 1. The second kappa shape index (κ2) is 7.77. The van der Waals surface area contributed by atoms with Crippen molar-refractivity contribution in [3.8, 4) is 17.0 Å². The first-order chi connectivity index (χ1) is 13.6. The molecule has 1 atom stereocenters. The highest BCUT2D eigenvalue weighted by Gasteiger charge is 2.41. The van der Waals surface area contributed by atoms with Gasteiger partial charge in [-0.05, 0) is 48.4 Å². The number of amides is 1. The molecule has 7 heteroatoms. The van der Waals surface area contributed by atoms with Gasteiger partial charge in [-0.1, -0.05) is 28.1 Å². The first kappa shape index (κ1) is 18.7. The highest BCUT2D eigenvalue weighted by Crippen LogP contribution is 2.43. The van der Waals surface area contributed by atoms with E-state index in [9.17, 15) is 9.90 Å². The molecule has 0 aliphatic carbocycles. The van der Waals surface area contributed by atoms with Gasteiger partial charge in [0.05, 0.1) is 11.7 Å². The van der Waals surface area contributed by atoms with Crippen LogP contribution >= 0.6 is 15.9 Å². The van der Waals surface area contributed by atoms with Crippen LogP contribution in [0.2, 0.25) is 0 Å². The summed E-state index contributed by atoms with van der Waals surface area (Å²) in [4.78, 5) is 15.0. The second-order valence-electron chi connectivity index (χ2n) is 6.71. The number of fused-ring (bicyclic) bond motifs is 1. The van der Waals surface area contributed by atoms with Crippen molar-refractivity contribution in [1.82, 2.24) is 15.1 Å². The standard InChI is InChI=1S/C21H20BrN3O3/c1-28-12-2-11-25-20(14-3-7-15(22)8-4-14)17-18(23-24-19(17)21(25)27)13-5-9-16(26)10-6-13/h3-10,20,26H,2,11-12H2,1H3,(H,23,24). The zero-order chi connectivity index (χ0) is 19.7. The molecule has 3 aromatic rings. The quantitative estimate of drug-likeness (QED) is 0.563. The average Bonchev–Trinajstić information content (AvgIpc) is 3.23. The van der Waals surface area contributed by atoms with Crippen molar-refractivity contribution in [2.24, 2.45) is 0 Å². The first-order valence-electron chi connectivity index (χ1n) is 9.03. The van der Waals surface area contributed by atoms with Gasteiger partial charge in [-0.25, -0.2) is 0 Å². The van der Waals surface area contributed by atoms with Crippen molar-refractivity contribution in [3.63, 3.8) is 0 Å². The lowest BCUT2D eigenvalue weighted by molar-refractivity contribution is 0.0723. The van der Waals surface area contributed by atoms with Crippen molar-refractivity contribution < 1.29 is 14.6 Å². The highest BCUT2D eigenvalue weighted by atomic mass is 79.9. The predicted octanol–water partition coefficient (Wildman–Crippen LogP) is 4.13. The number of aromatic nitrogens is 2. The Morgan fingerprint density at radius 2 is 1.89 bits per heavy atom. The third-order valence-electron chi connectivity index (χ3n) is 4.94. The number of aromatic hydroxyl groups is 1. The fraction of sp³-hybridized carbons (Fsp3) is 0.238. The lowest BCUT2D eigenvalue weighted by Gasteiger charge is -2.26. The number of phenolic OH excluding ortho intramolecular Hbond substituents is 1. The number of benzene rings is 2. The molecule has 4 rings (SSSR count). The smallest absolute Gasteiger partial charge is 0.273 e. The van der Waals surface area contributed by atoms with Crippen LogP contribution in [0.25, 0.3) is 11.3 Å². The third kappa shape index (κ3) is 3.31. The summed E-state index contributed by atoms with van der Waals surface area (Å²) in [5, 5.41) is 17.0. The number of methoxy groups -OCH3 is 1. The summed E-state index contributed by atoms with van der Waals surface area (Å²) >= 11 is 3.48. The summed E-state index contributed by atoms with van der Waals surface area (Å²) in [7, 11) is 1.66. The van der Waals surface area contributed by atoms with Crippen LogP contribution in [0, 0.1) is 0 Å². The van der Waals surface area contributed by atoms with Gasteiger partial charge in [-0.3, -0.25) is 9.89 Å². The van der Waals surface area contributed by atoms with Crippen LogP contribution in [0.3, 0.4) is 0 Å². The largest absolute Gasteiger partial charge is 0.508 e. The van der Waals surface area contributed by atoms with Gasteiger partial charge in [0, 0.05) is 35.9 Å². The van der Waals surface area contributed by atoms with E-state index >= 15 is 0 Å². The van der Waals surface area contributed by atoms with E-state index < -0.39 is 0 Å². The van der Waals surface area contributed by atoms with E-state index in [2.05, 4.69) is 26.1 Å². The number of rotatable bonds is 6. The molecule has 0 saturated carbocycles. The number of carbonyl (C=O) groups is 1. The number of nitrogens with one attached hydrogen (secondary N) is 1. The second-order valence-corrected chi connectivity index (χ2v) is 7.62. The number of phenols is 1. The molecule has 6 nitrogen and oxygen atoms in total. The van der Waals surface area contributed by atoms with Crippen LogP contribution in [-0.2, 0) is 4.74 Å². The van der Waals surface area contributed by atoms with Gasteiger partial charge in [-0.2, -0.15) is 5.10 Å². The Labute approximate surface area is 171 Å². The number of halogens is 1. The van der Waals surface area contributed by atoms with Crippen molar-refractivity contribution in [2.75, 3.05) is 20.3 Å². The van der Waals surface area contributed by atoms with Crippen molar-refractivity contribution in [3.05, 3.63) is 69.8 Å². The van der Waals surface area contributed by atoms with Gasteiger partial charge < -0.3 is 14.7 Å². The SMILES string of the molecule is COCCCN1C(=O)c2[nH]nc(-c3ccc(O)cc3)c2C1c1ccc(Br)cc1. The maximum Gasteiger partial charge on any atom is 0.273 e. The van der Waals surface area contributed by atoms with Gasteiger partial charge in [0.1, 0.15) is 11.4 Å². The van der Waals surface area contributed by atoms with Gasteiger partial charge in [-0.15, -0.1) is 0 Å². The molecule has 1 unspecified atom stereocenters. The minimum absolute atomic E-state index is 0.0587. The van der Waals surface area contributed by atoms with E-state index in [1.165, 1.54) is 0 Å². The molecule has 0 bridgehead atoms. The van der Waals surface area contributed by atoms with E-state index in [1.54, 1.807) is 19.2 Å². The van der Waals surface area contributed by atoms with Crippen molar-refractivity contribution in [1.29, 1.82) is 0 Å². The maximum absolute atomic E-state index is 13.1. The van der Waals surface area contributed by atoms with Crippen LogP contribution in [0.5, 0.6) is 5.75 Å². The van der Waals surface area contributed by atoms with Gasteiger partial charge >= 0.3 is 0 Å². The third-order valence-corrected chi connectivity index (χ3v) is 5.47. The number of hydrogen-bond acceptors (Lipinski definition) is 4. The number of hydrogen-bond donors (Lipinski definition) is 2. The van der Waals surface area contributed by atoms with Crippen LogP contribution in [0.4, 0.5) is 0 Å². The Balaban J connectivity index is 1.80. The van der Waals surface area contributed by atoms with E-state index in [0.717, 1.165) is 33.3 Å². The topological polar surface area (TPSA) is 78.5 Å². The van der Waals surface area contributed by atoms with E-state index in [0.29, 0.717) is 18.8 Å². The minimum Gasteiger partial charge on any atom is -0.508 e. The molecule has 1 aromatic heterocycles. The average molecular weight is 442 g/mol. The van der Waals surface area contributed by atoms with Gasteiger partial charge in [0.2, 0.25) is 0 Å². The van der Waals surface area contributed by atoms with E-state index in [4.69, 9.17) is 4.74 Å². The maximum atomic E-state index is 13.1. The van der Waals surface area contributed by atoms with E-state index in [-0.39, 0.29) is 17.7 Å². The molecule has 1 aliphatic rings. The fourth-order valence-electron chi connectivity index (χ4n) is 3.64. The minimum atomic E-state index is -0.227. The molecular weight excluding hydrogens is 422 g/mol. The summed E-state index contributed by atoms with van der Waals surface area (Å²) in [5.41, 5.74) is 3.99.